The van der Waals surface area contributed by atoms with Crippen molar-refractivity contribution in [3.8, 4) is 0 Å². The van der Waals surface area contributed by atoms with Crippen molar-refractivity contribution in [1.82, 2.24) is 25.4 Å². The van der Waals surface area contributed by atoms with Crippen molar-refractivity contribution in [3.05, 3.63) is 28.2 Å². The molecule has 1 aliphatic rings. The molecule has 3 amide bonds. The number of urea groups is 1. The molecule has 2 N–H and O–H groups in total. The number of amides is 3. The second-order valence-corrected chi connectivity index (χ2v) is 8.88. The van der Waals surface area contributed by atoms with Crippen molar-refractivity contribution in [3.63, 3.8) is 0 Å². The summed E-state index contributed by atoms with van der Waals surface area (Å²) in [5, 5.41) is 16.6. The minimum Gasteiger partial charge on any atom is -0.338 e. The van der Waals surface area contributed by atoms with Gasteiger partial charge in [0.2, 0.25) is 5.91 Å². The number of carbonyl (C=O) groups is 2. The molecule has 3 rings (SSSR count). The fourth-order valence-corrected chi connectivity index (χ4v) is 4.90. The van der Waals surface area contributed by atoms with Crippen LogP contribution in [0.25, 0.3) is 0 Å². The third-order valence-electron chi connectivity index (χ3n) is 4.71. The zero-order valence-electron chi connectivity index (χ0n) is 16.1. The fourth-order valence-electron chi connectivity index (χ4n) is 3.38. The van der Waals surface area contributed by atoms with Crippen LogP contribution in [0.3, 0.4) is 0 Å². The molecule has 2 heterocycles. The number of hydrogen-bond donors (Lipinski definition) is 2. The van der Waals surface area contributed by atoms with Crippen molar-refractivity contribution in [2.75, 3.05) is 12.3 Å². The van der Waals surface area contributed by atoms with Gasteiger partial charge in [0.15, 0.2) is 5.16 Å². The molecule has 1 fully saturated rings. The molecule has 2 aromatic rings. The van der Waals surface area contributed by atoms with Gasteiger partial charge in [-0.3, -0.25) is 10.1 Å². The lowest BCUT2D eigenvalue weighted by Gasteiger charge is -2.25. The Morgan fingerprint density at radius 1 is 1.29 bits per heavy atom. The van der Waals surface area contributed by atoms with Crippen LogP contribution in [0.1, 0.15) is 62.2 Å². The summed E-state index contributed by atoms with van der Waals surface area (Å²) in [5.41, 5.74) is 0. The van der Waals surface area contributed by atoms with Crippen LogP contribution in [0.2, 0.25) is 0 Å². The van der Waals surface area contributed by atoms with Gasteiger partial charge in [-0.1, -0.05) is 44.0 Å². The summed E-state index contributed by atoms with van der Waals surface area (Å²) in [6.07, 6.45) is 7.52. The quantitative estimate of drug-likeness (QED) is 0.634. The lowest BCUT2D eigenvalue weighted by atomic mass is 9.95. The van der Waals surface area contributed by atoms with E-state index in [1.54, 1.807) is 11.3 Å². The summed E-state index contributed by atoms with van der Waals surface area (Å²) >= 11 is 3.07. The van der Waals surface area contributed by atoms with Gasteiger partial charge in [-0.15, -0.1) is 21.5 Å². The highest BCUT2D eigenvalue weighted by atomic mass is 32.2. The molecule has 152 valence electrons. The first kappa shape index (κ1) is 20.9. The summed E-state index contributed by atoms with van der Waals surface area (Å²) in [7, 11) is 0. The van der Waals surface area contributed by atoms with Gasteiger partial charge >= 0.3 is 6.03 Å². The molecule has 1 aliphatic carbocycles. The van der Waals surface area contributed by atoms with Gasteiger partial charge < -0.3 is 9.88 Å². The molecular weight excluding hydrogens is 394 g/mol. The predicted octanol–water partition coefficient (Wildman–Crippen LogP) is 3.76. The fraction of sp³-hybridized carbons (Fsp3) is 0.579. The molecule has 1 saturated carbocycles. The molecule has 2 aromatic heterocycles. The van der Waals surface area contributed by atoms with Crippen molar-refractivity contribution in [2.24, 2.45) is 0 Å². The maximum absolute atomic E-state index is 12.1. The summed E-state index contributed by atoms with van der Waals surface area (Å²) in [6.45, 7) is 2.51. The summed E-state index contributed by atoms with van der Waals surface area (Å²) in [4.78, 5) is 25.0. The second kappa shape index (κ2) is 10.6. The van der Waals surface area contributed by atoms with Crippen LogP contribution in [0.5, 0.6) is 0 Å². The predicted molar refractivity (Wildman–Crippen MR) is 112 cm³/mol. The largest absolute Gasteiger partial charge is 0.338 e. The van der Waals surface area contributed by atoms with Crippen molar-refractivity contribution < 1.29 is 9.59 Å². The van der Waals surface area contributed by atoms with Gasteiger partial charge in [-0.25, -0.2) is 4.79 Å². The monoisotopic (exact) mass is 421 g/mol. The molecule has 0 bridgehead atoms. The van der Waals surface area contributed by atoms with Crippen LogP contribution in [0.15, 0.2) is 22.7 Å². The van der Waals surface area contributed by atoms with E-state index in [-0.39, 0.29) is 11.7 Å². The zero-order valence-corrected chi connectivity index (χ0v) is 17.8. The highest BCUT2D eigenvalue weighted by molar-refractivity contribution is 7.99. The Bertz CT molecular complexity index is 769. The van der Waals surface area contributed by atoms with E-state index in [2.05, 4.69) is 36.8 Å². The van der Waals surface area contributed by atoms with E-state index in [0.717, 1.165) is 36.7 Å². The highest BCUT2D eigenvalue weighted by Crippen LogP contribution is 2.33. The molecule has 9 heteroatoms. The molecule has 0 radical (unpaired) electrons. The smallest absolute Gasteiger partial charge is 0.321 e. The summed E-state index contributed by atoms with van der Waals surface area (Å²) < 4.78 is 2.23. The molecule has 0 aliphatic heterocycles. The molecular formula is C19H27N5O2S2. The number of carbonyl (C=O) groups excluding carboxylic acids is 2. The zero-order chi connectivity index (χ0) is 19.8. The number of rotatable bonds is 8. The number of aromatic nitrogens is 3. The van der Waals surface area contributed by atoms with E-state index < -0.39 is 6.03 Å². The molecule has 0 spiro atoms. The van der Waals surface area contributed by atoms with Crippen LogP contribution < -0.4 is 10.6 Å². The third-order valence-corrected chi connectivity index (χ3v) is 6.53. The van der Waals surface area contributed by atoms with Gasteiger partial charge in [-0.05, 0) is 30.7 Å². The van der Waals surface area contributed by atoms with Crippen LogP contribution in [-0.2, 0) is 11.2 Å². The lowest BCUT2D eigenvalue weighted by Crippen LogP contribution is -2.40. The third kappa shape index (κ3) is 5.81. The van der Waals surface area contributed by atoms with Gasteiger partial charge in [0.05, 0.1) is 5.75 Å². The van der Waals surface area contributed by atoms with Crippen LogP contribution >= 0.6 is 23.1 Å². The molecule has 0 aromatic carbocycles. The SMILES string of the molecule is CCCNC(=O)NC(=O)CSc1nnc(Cc2cccs2)n1C1CCCCC1. The van der Waals surface area contributed by atoms with Crippen LogP contribution in [0, 0.1) is 0 Å². The summed E-state index contributed by atoms with van der Waals surface area (Å²) in [5.74, 6) is 0.776. The maximum Gasteiger partial charge on any atom is 0.321 e. The number of nitrogens with one attached hydrogen (secondary N) is 2. The van der Waals surface area contributed by atoms with Gasteiger partial charge in [0.25, 0.3) is 0 Å². The Morgan fingerprint density at radius 2 is 2.11 bits per heavy atom. The first-order valence-electron chi connectivity index (χ1n) is 9.84. The Balaban J connectivity index is 1.66. The Kier molecular flexibility index (Phi) is 7.90. The lowest BCUT2D eigenvalue weighted by molar-refractivity contribution is -0.117. The highest BCUT2D eigenvalue weighted by Gasteiger charge is 2.24. The molecule has 0 atom stereocenters. The standard InChI is InChI=1S/C19H27N5O2S2/c1-2-10-20-18(26)21-17(25)13-28-19-23-22-16(12-15-9-6-11-27-15)24(19)14-7-4-3-5-8-14/h6,9,11,14H,2-5,7-8,10,12-13H2,1H3,(H2,20,21,25,26). The van der Waals surface area contributed by atoms with E-state index in [4.69, 9.17) is 0 Å². The van der Waals surface area contributed by atoms with E-state index in [1.807, 2.05) is 13.0 Å². The van der Waals surface area contributed by atoms with Crippen LogP contribution in [-0.4, -0.2) is 39.0 Å². The topological polar surface area (TPSA) is 88.9 Å². The Morgan fingerprint density at radius 3 is 2.82 bits per heavy atom. The van der Waals surface area contributed by atoms with E-state index in [9.17, 15) is 9.59 Å². The van der Waals surface area contributed by atoms with Crippen molar-refractivity contribution >= 4 is 35.0 Å². The van der Waals surface area contributed by atoms with Gasteiger partial charge in [-0.2, -0.15) is 0 Å². The second-order valence-electron chi connectivity index (χ2n) is 6.91. The summed E-state index contributed by atoms with van der Waals surface area (Å²) in [6, 6.07) is 4.10. The normalized spacial score (nSPS) is 14.8. The number of nitrogens with zero attached hydrogens (tertiary/aromatic N) is 3. The Labute approximate surface area is 173 Å². The van der Waals surface area contributed by atoms with Crippen LogP contribution in [0.4, 0.5) is 4.79 Å². The minimum absolute atomic E-state index is 0.142. The molecule has 0 unspecified atom stereocenters. The Hall–Kier alpha value is -1.87. The number of thiophene rings is 1. The van der Waals surface area contributed by atoms with Crippen molar-refractivity contribution in [1.29, 1.82) is 0 Å². The first-order chi connectivity index (χ1) is 13.7. The average molecular weight is 422 g/mol. The van der Waals surface area contributed by atoms with E-state index >= 15 is 0 Å². The molecule has 28 heavy (non-hydrogen) atoms. The first-order valence-corrected chi connectivity index (χ1v) is 11.7. The molecule has 7 nitrogen and oxygen atoms in total. The van der Waals surface area contributed by atoms with Gasteiger partial charge in [0, 0.05) is 23.9 Å². The van der Waals surface area contributed by atoms with Crippen molar-refractivity contribution in [2.45, 2.75) is 63.1 Å². The minimum atomic E-state index is -0.445. The van der Waals surface area contributed by atoms with E-state index in [1.165, 1.54) is 35.9 Å². The van der Waals surface area contributed by atoms with E-state index in [0.29, 0.717) is 12.6 Å². The number of thioether (sulfide) groups is 1. The molecule has 0 saturated heterocycles. The average Bonchev–Trinajstić information content (AvgIpc) is 3.35. The maximum atomic E-state index is 12.1. The number of hydrogen-bond acceptors (Lipinski definition) is 6. The number of imide groups is 1. The van der Waals surface area contributed by atoms with Gasteiger partial charge in [0.1, 0.15) is 5.82 Å².